The highest BCUT2D eigenvalue weighted by atomic mass is 32.2. The Bertz CT molecular complexity index is 852. The third-order valence-corrected chi connectivity index (χ3v) is 6.24. The normalized spacial score (nSPS) is 14.0. The van der Waals surface area contributed by atoms with Crippen LogP contribution in [-0.2, 0) is 34.3 Å². The van der Waals surface area contributed by atoms with Gasteiger partial charge in [0.05, 0.1) is 31.2 Å². The smallest absolute Gasteiger partial charge is 0.337 e. The van der Waals surface area contributed by atoms with Crippen molar-refractivity contribution in [3.05, 3.63) is 46.0 Å². The van der Waals surface area contributed by atoms with Crippen LogP contribution in [0.1, 0.15) is 26.5 Å². The van der Waals surface area contributed by atoms with Crippen LogP contribution >= 0.6 is 11.3 Å². The van der Waals surface area contributed by atoms with E-state index in [2.05, 4.69) is 15.0 Å². The van der Waals surface area contributed by atoms with E-state index in [1.807, 2.05) is 0 Å². The molecule has 0 saturated carbocycles. The number of thiazole rings is 1. The first-order chi connectivity index (χ1) is 11.9. The highest BCUT2D eigenvalue weighted by Gasteiger charge is 2.24. The number of nitrogens with one attached hydrogen (secondary N) is 1. The summed E-state index contributed by atoms with van der Waals surface area (Å²) in [5.41, 5.74) is 2.16. The van der Waals surface area contributed by atoms with E-state index in [-0.39, 0.29) is 6.54 Å². The van der Waals surface area contributed by atoms with E-state index in [0.717, 1.165) is 35.6 Å². The largest absolute Gasteiger partial charge is 0.465 e. The Hall–Kier alpha value is -1.97. The van der Waals surface area contributed by atoms with E-state index in [0.29, 0.717) is 10.7 Å². The average molecular weight is 381 g/mol. The minimum atomic E-state index is -3.48. The molecule has 0 saturated heterocycles. The Balaban J connectivity index is 1.87. The zero-order valence-electron chi connectivity index (χ0n) is 14.0. The van der Waals surface area contributed by atoms with E-state index in [9.17, 15) is 13.2 Å². The molecule has 0 radical (unpaired) electrons. The number of hydrogen-bond acceptors (Lipinski definition) is 7. The maximum atomic E-state index is 12.3. The van der Waals surface area contributed by atoms with Gasteiger partial charge in [0.15, 0.2) is 5.13 Å². The topological polar surface area (TPSA) is 88.6 Å². The molecular formula is C16H19N3O4S2. The summed E-state index contributed by atoms with van der Waals surface area (Å²) < 4.78 is 30.5. The molecule has 3 rings (SSSR count). The van der Waals surface area contributed by atoms with Crippen molar-refractivity contribution in [1.29, 1.82) is 0 Å². The van der Waals surface area contributed by atoms with Crippen LogP contribution in [0.2, 0.25) is 0 Å². The minimum Gasteiger partial charge on any atom is -0.465 e. The number of aromatic nitrogens is 1. The SMILES string of the molecule is COC(=O)c1ccc(CN(c2nc3c(s2)CNCC3)S(C)(=O)=O)cc1. The second-order valence-corrected chi connectivity index (χ2v) is 8.72. The van der Waals surface area contributed by atoms with E-state index >= 15 is 0 Å². The van der Waals surface area contributed by atoms with Crippen molar-refractivity contribution in [1.82, 2.24) is 10.3 Å². The number of methoxy groups -OCH3 is 1. The number of esters is 1. The number of nitrogens with zero attached hydrogens (tertiary/aromatic N) is 2. The molecule has 25 heavy (non-hydrogen) atoms. The molecule has 0 bridgehead atoms. The Morgan fingerprint density at radius 2 is 2.08 bits per heavy atom. The second-order valence-electron chi connectivity index (χ2n) is 5.75. The standard InChI is InChI=1S/C16H19N3O4S2/c1-23-15(20)12-5-3-11(4-6-12)10-19(25(2,21)22)16-18-13-7-8-17-9-14(13)24-16/h3-6,17H,7-10H2,1-2H3. The molecule has 9 heteroatoms. The monoisotopic (exact) mass is 381 g/mol. The summed E-state index contributed by atoms with van der Waals surface area (Å²) in [5.74, 6) is -0.424. The van der Waals surface area contributed by atoms with Gasteiger partial charge in [-0.05, 0) is 17.7 Å². The van der Waals surface area contributed by atoms with Crippen molar-refractivity contribution in [2.45, 2.75) is 19.5 Å². The fourth-order valence-corrected chi connectivity index (χ4v) is 4.78. The number of fused-ring (bicyclic) bond motifs is 1. The predicted molar refractivity (Wildman–Crippen MR) is 96.3 cm³/mol. The van der Waals surface area contributed by atoms with E-state index < -0.39 is 16.0 Å². The summed E-state index contributed by atoms with van der Waals surface area (Å²) in [5, 5.41) is 3.74. The molecule has 1 aliphatic heterocycles. The molecule has 0 spiro atoms. The Labute approximate surface area is 150 Å². The van der Waals surface area contributed by atoms with Crippen LogP contribution in [0.5, 0.6) is 0 Å². The quantitative estimate of drug-likeness (QED) is 0.791. The summed E-state index contributed by atoms with van der Waals surface area (Å²) in [6.07, 6.45) is 1.98. The summed E-state index contributed by atoms with van der Waals surface area (Å²) in [6.45, 7) is 1.74. The van der Waals surface area contributed by atoms with Gasteiger partial charge >= 0.3 is 5.97 Å². The molecule has 1 aromatic heterocycles. The number of benzene rings is 1. The molecular weight excluding hydrogens is 362 g/mol. The molecule has 1 aromatic carbocycles. The molecule has 134 valence electrons. The Morgan fingerprint density at radius 1 is 1.36 bits per heavy atom. The van der Waals surface area contributed by atoms with Gasteiger partial charge in [-0.15, -0.1) is 0 Å². The number of carbonyl (C=O) groups excluding carboxylic acids is 1. The maximum absolute atomic E-state index is 12.3. The minimum absolute atomic E-state index is 0.167. The summed E-state index contributed by atoms with van der Waals surface area (Å²) in [4.78, 5) is 17.1. The summed E-state index contributed by atoms with van der Waals surface area (Å²) in [7, 11) is -2.16. The molecule has 2 heterocycles. The average Bonchev–Trinajstić information content (AvgIpc) is 3.02. The van der Waals surface area contributed by atoms with Crippen molar-refractivity contribution < 1.29 is 17.9 Å². The van der Waals surface area contributed by atoms with Crippen molar-refractivity contribution >= 4 is 32.5 Å². The van der Waals surface area contributed by atoms with Crippen LogP contribution in [0.25, 0.3) is 0 Å². The van der Waals surface area contributed by atoms with Gasteiger partial charge in [-0.25, -0.2) is 22.5 Å². The lowest BCUT2D eigenvalue weighted by Gasteiger charge is -2.19. The van der Waals surface area contributed by atoms with Gasteiger partial charge < -0.3 is 10.1 Å². The lowest BCUT2D eigenvalue weighted by molar-refractivity contribution is 0.0600. The van der Waals surface area contributed by atoms with Crippen molar-refractivity contribution in [2.24, 2.45) is 0 Å². The first-order valence-electron chi connectivity index (χ1n) is 7.73. The van der Waals surface area contributed by atoms with Gasteiger partial charge in [0.1, 0.15) is 0 Å². The third-order valence-electron chi connectivity index (χ3n) is 3.91. The molecule has 0 aliphatic carbocycles. The first kappa shape index (κ1) is 17.8. The van der Waals surface area contributed by atoms with E-state index in [1.54, 1.807) is 24.3 Å². The van der Waals surface area contributed by atoms with E-state index in [1.165, 1.54) is 29.0 Å². The molecule has 7 nitrogen and oxygen atoms in total. The molecule has 1 N–H and O–H groups in total. The van der Waals surface area contributed by atoms with Crippen LogP contribution in [0.15, 0.2) is 24.3 Å². The van der Waals surface area contributed by atoms with Gasteiger partial charge in [0, 0.05) is 24.4 Å². The van der Waals surface area contributed by atoms with Gasteiger partial charge in [-0.2, -0.15) is 0 Å². The molecule has 0 fully saturated rings. The van der Waals surface area contributed by atoms with Crippen molar-refractivity contribution in [2.75, 3.05) is 24.2 Å². The highest BCUT2D eigenvalue weighted by molar-refractivity contribution is 7.92. The van der Waals surface area contributed by atoms with Crippen molar-refractivity contribution in [3.8, 4) is 0 Å². The zero-order chi connectivity index (χ0) is 18.0. The number of carbonyl (C=O) groups is 1. The van der Waals surface area contributed by atoms with Crippen LogP contribution in [0.3, 0.4) is 0 Å². The molecule has 0 amide bonds. The number of sulfonamides is 1. The molecule has 1 aliphatic rings. The third kappa shape index (κ3) is 4.00. The van der Waals surface area contributed by atoms with Crippen molar-refractivity contribution in [3.63, 3.8) is 0 Å². The number of ether oxygens (including phenoxy) is 1. The second kappa shape index (κ2) is 7.11. The lowest BCUT2D eigenvalue weighted by Crippen LogP contribution is -2.29. The van der Waals surface area contributed by atoms with Crippen LogP contribution in [0.4, 0.5) is 5.13 Å². The van der Waals surface area contributed by atoms with Gasteiger partial charge in [-0.1, -0.05) is 23.5 Å². The van der Waals surface area contributed by atoms with E-state index in [4.69, 9.17) is 0 Å². The van der Waals surface area contributed by atoms with Gasteiger partial charge in [-0.3, -0.25) is 0 Å². The van der Waals surface area contributed by atoms with Crippen LogP contribution in [0, 0.1) is 0 Å². The summed E-state index contributed by atoms with van der Waals surface area (Å²) in [6, 6.07) is 6.69. The number of hydrogen-bond donors (Lipinski definition) is 1. The predicted octanol–water partition coefficient (Wildman–Crippen LogP) is 1.54. The number of rotatable bonds is 5. The Morgan fingerprint density at radius 3 is 2.68 bits per heavy atom. The molecule has 0 unspecified atom stereocenters. The van der Waals surface area contributed by atoms with Gasteiger partial charge in [0.25, 0.3) is 0 Å². The lowest BCUT2D eigenvalue weighted by atomic mass is 10.1. The van der Waals surface area contributed by atoms with Gasteiger partial charge in [0.2, 0.25) is 10.0 Å². The Kier molecular flexibility index (Phi) is 5.07. The fourth-order valence-electron chi connectivity index (χ4n) is 2.58. The zero-order valence-corrected chi connectivity index (χ0v) is 15.6. The maximum Gasteiger partial charge on any atom is 0.337 e. The molecule has 0 atom stereocenters. The first-order valence-corrected chi connectivity index (χ1v) is 10.4. The fraction of sp³-hybridized carbons (Fsp3) is 0.375. The molecule has 2 aromatic rings. The highest BCUT2D eigenvalue weighted by Crippen LogP contribution is 2.30. The summed E-state index contributed by atoms with van der Waals surface area (Å²) >= 11 is 1.40. The van der Waals surface area contributed by atoms with Crippen LogP contribution in [-0.4, -0.2) is 39.3 Å². The number of anilines is 1. The van der Waals surface area contributed by atoms with Crippen LogP contribution < -0.4 is 9.62 Å².